The van der Waals surface area contributed by atoms with Gasteiger partial charge in [0, 0.05) is 24.1 Å². The average molecular weight is 242 g/mol. The number of amides is 2. The number of hydrogen-bond donors (Lipinski definition) is 0. The number of hydrogen-bond acceptors (Lipinski definition) is 2. The van der Waals surface area contributed by atoms with Crippen LogP contribution in [0, 0.1) is 5.82 Å². The highest BCUT2D eigenvalue weighted by atomic mass is 35.5. The molecule has 5 heteroatoms. The van der Waals surface area contributed by atoms with Crippen molar-refractivity contribution < 1.29 is 14.0 Å². The van der Waals surface area contributed by atoms with Gasteiger partial charge < -0.3 is 0 Å². The lowest BCUT2D eigenvalue weighted by molar-refractivity contribution is -0.137. The van der Waals surface area contributed by atoms with Crippen molar-refractivity contribution in [1.29, 1.82) is 0 Å². The second-order valence-electron chi connectivity index (χ2n) is 3.71. The number of likely N-dealkylation sites (tertiary alicyclic amines) is 1. The highest BCUT2D eigenvalue weighted by Crippen LogP contribution is 2.31. The second kappa shape index (κ2) is 3.87. The standard InChI is InChI=1S/C11H9ClFNO2/c1-14-10(15)5-8(11(14)16)7-4-6(12)2-3-9(7)13/h2-4,8H,5H2,1H3. The molecule has 0 radical (unpaired) electrons. The van der Waals surface area contributed by atoms with E-state index in [4.69, 9.17) is 11.6 Å². The Bertz CT molecular complexity index is 475. The first-order chi connectivity index (χ1) is 7.50. The summed E-state index contributed by atoms with van der Waals surface area (Å²) < 4.78 is 13.5. The molecular weight excluding hydrogens is 233 g/mol. The number of nitrogens with zero attached hydrogens (tertiary/aromatic N) is 1. The van der Waals surface area contributed by atoms with E-state index in [0.717, 1.165) is 4.90 Å². The quantitative estimate of drug-likeness (QED) is 0.705. The third-order valence-corrected chi connectivity index (χ3v) is 2.95. The predicted octanol–water partition coefficient (Wildman–Crippen LogP) is 1.95. The van der Waals surface area contributed by atoms with E-state index in [-0.39, 0.29) is 23.8 Å². The van der Waals surface area contributed by atoms with Gasteiger partial charge in [-0.3, -0.25) is 14.5 Å². The van der Waals surface area contributed by atoms with Gasteiger partial charge in [0.2, 0.25) is 11.8 Å². The fourth-order valence-electron chi connectivity index (χ4n) is 1.78. The highest BCUT2D eigenvalue weighted by Gasteiger charge is 2.38. The lowest BCUT2D eigenvalue weighted by Crippen LogP contribution is -2.25. The van der Waals surface area contributed by atoms with Crippen LogP contribution in [0.2, 0.25) is 5.02 Å². The number of carbonyl (C=O) groups excluding carboxylic acids is 2. The van der Waals surface area contributed by atoms with Crippen LogP contribution in [0.15, 0.2) is 18.2 Å². The van der Waals surface area contributed by atoms with Gasteiger partial charge in [0.15, 0.2) is 0 Å². The van der Waals surface area contributed by atoms with Crippen LogP contribution in [0.3, 0.4) is 0 Å². The average Bonchev–Trinajstić information content (AvgIpc) is 2.50. The minimum absolute atomic E-state index is 0.00654. The van der Waals surface area contributed by atoms with Crippen LogP contribution < -0.4 is 0 Å². The predicted molar refractivity (Wildman–Crippen MR) is 56.5 cm³/mol. The van der Waals surface area contributed by atoms with Crippen molar-refractivity contribution in [3.63, 3.8) is 0 Å². The molecule has 2 rings (SSSR count). The summed E-state index contributed by atoms with van der Waals surface area (Å²) >= 11 is 5.74. The van der Waals surface area contributed by atoms with Crippen molar-refractivity contribution >= 4 is 23.4 Å². The maximum absolute atomic E-state index is 13.5. The first-order valence-corrected chi connectivity index (χ1v) is 5.14. The Hall–Kier alpha value is -1.42. The molecule has 0 spiro atoms. The largest absolute Gasteiger partial charge is 0.285 e. The van der Waals surface area contributed by atoms with Gasteiger partial charge >= 0.3 is 0 Å². The SMILES string of the molecule is CN1C(=O)CC(c2cc(Cl)ccc2F)C1=O. The van der Waals surface area contributed by atoms with Crippen molar-refractivity contribution in [2.45, 2.75) is 12.3 Å². The van der Waals surface area contributed by atoms with Crippen molar-refractivity contribution in [2.75, 3.05) is 7.05 Å². The van der Waals surface area contributed by atoms with Gasteiger partial charge in [-0.25, -0.2) is 4.39 Å². The van der Waals surface area contributed by atoms with E-state index >= 15 is 0 Å². The van der Waals surface area contributed by atoms with Crippen molar-refractivity contribution in [3.8, 4) is 0 Å². The van der Waals surface area contributed by atoms with Gasteiger partial charge in [-0.2, -0.15) is 0 Å². The number of carbonyl (C=O) groups is 2. The molecule has 3 nitrogen and oxygen atoms in total. The third-order valence-electron chi connectivity index (χ3n) is 2.71. The van der Waals surface area contributed by atoms with Gasteiger partial charge in [-0.05, 0) is 18.2 Å². The normalized spacial score (nSPS) is 20.7. The molecular formula is C11H9ClFNO2. The summed E-state index contributed by atoms with van der Waals surface area (Å²) in [6, 6.07) is 4.00. The zero-order valence-electron chi connectivity index (χ0n) is 8.54. The van der Waals surface area contributed by atoms with Crippen LogP contribution in [0.5, 0.6) is 0 Å². The van der Waals surface area contributed by atoms with Gasteiger partial charge in [-0.1, -0.05) is 11.6 Å². The molecule has 0 N–H and O–H groups in total. The Morgan fingerprint density at radius 1 is 1.44 bits per heavy atom. The molecule has 1 fully saturated rings. The first-order valence-electron chi connectivity index (χ1n) is 4.76. The summed E-state index contributed by atoms with van der Waals surface area (Å²) in [5.74, 6) is -1.93. The van der Waals surface area contributed by atoms with Crippen LogP contribution >= 0.6 is 11.6 Å². The number of imide groups is 1. The molecule has 0 bridgehead atoms. The zero-order valence-corrected chi connectivity index (χ0v) is 9.29. The van der Waals surface area contributed by atoms with E-state index in [2.05, 4.69) is 0 Å². The Morgan fingerprint density at radius 2 is 2.12 bits per heavy atom. The molecule has 1 aromatic rings. The molecule has 1 atom stereocenters. The fraction of sp³-hybridized carbons (Fsp3) is 0.273. The van der Waals surface area contributed by atoms with Gasteiger partial charge in [-0.15, -0.1) is 0 Å². The van der Waals surface area contributed by atoms with E-state index < -0.39 is 11.7 Å². The smallest absolute Gasteiger partial charge is 0.237 e. The Labute approximate surface area is 96.8 Å². The molecule has 1 aliphatic heterocycles. The Balaban J connectivity index is 2.42. The van der Waals surface area contributed by atoms with E-state index in [9.17, 15) is 14.0 Å². The van der Waals surface area contributed by atoms with Gasteiger partial charge in [0.05, 0.1) is 5.92 Å². The molecule has 0 aliphatic carbocycles. The number of benzene rings is 1. The van der Waals surface area contributed by atoms with Crippen LogP contribution in [0.25, 0.3) is 0 Å². The Kier molecular flexibility index (Phi) is 2.68. The second-order valence-corrected chi connectivity index (χ2v) is 4.15. The maximum Gasteiger partial charge on any atom is 0.237 e. The monoisotopic (exact) mass is 241 g/mol. The minimum atomic E-state index is -0.740. The summed E-state index contributed by atoms with van der Waals surface area (Å²) in [5, 5.41) is 0.353. The molecule has 0 saturated carbocycles. The molecule has 1 unspecified atom stereocenters. The van der Waals surface area contributed by atoms with Crippen LogP contribution in [0.1, 0.15) is 17.9 Å². The fourth-order valence-corrected chi connectivity index (χ4v) is 1.96. The van der Waals surface area contributed by atoms with Crippen molar-refractivity contribution in [1.82, 2.24) is 4.90 Å². The summed E-state index contributed by atoms with van der Waals surface area (Å²) in [5.41, 5.74) is 0.190. The number of halogens is 2. The van der Waals surface area contributed by atoms with Gasteiger partial charge in [0.25, 0.3) is 0 Å². The summed E-state index contributed by atoms with van der Waals surface area (Å²) in [7, 11) is 1.40. The molecule has 2 amide bonds. The third kappa shape index (κ3) is 1.69. The summed E-state index contributed by atoms with van der Waals surface area (Å²) in [6.07, 6.45) is 0.00654. The lowest BCUT2D eigenvalue weighted by atomic mass is 9.97. The van der Waals surface area contributed by atoms with Gasteiger partial charge in [0.1, 0.15) is 5.82 Å². The molecule has 1 heterocycles. The highest BCUT2D eigenvalue weighted by molar-refractivity contribution is 6.30. The number of rotatable bonds is 1. The van der Waals surface area contributed by atoms with Crippen LogP contribution in [-0.4, -0.2) is 23.8 Å². The van der Waals surface area contributed by atoms with E-state index in [1.807, 2.05) is 0 Å². The maximum atomic E-state index is 13.5. The topological polar surface area (TPSA) is 37.4 Å². The minimum Gasteiger partial charge on any atom is -0.285 e. The van der Waals surface area contributed by atoms with Crippen molar-refractivity contribution in [3.05, 3.63) is 34.6 Å². The van der Waals surface area contributed by atoms with Crippen LogP contribution in [-0.2, 0) is 9.59 Å². The molecule has 1 aliphatic rings. The van der Waals surface area contributed by atoms with Crippen molar-refractivity contribution in [2.24, 2.45) is 0 Å². The molecule has 1 aromatic carbocycles. The zero-order chi connectivity index (χ0) is 11.9. The Morgan fingerprint density at radius 3 is 2.69 bits per heavy atom. The first kappa shape index (κ1) is 11.1. The molecule has 84 valence electrons. The summed E-state index contributed by atoms with van der Waals surface area (Å²) in [6.45, 7) is 0. The molecule has 0 aromatic heterocycles. The summed E-state index contributed by atoms with van der Waals surface area (Å²) in [4.78, 5) is 24.0. The van der Waals surface area contributed by atoms with E-state index in [1.165, 1.54) is 25.2 Å². The van der Waals surface area contributed by atoms with E-state index in [1.54, 1.807) is 0 Å². The van der Waals surface area contributed by atoms with E-state index in [0.29, 0.717) is 5.02 Å². The number of likely N-dealkylation sites (N-methyl/N-ethyl adjacent to an activating group) is 1. The van der Waals surface area contributed by atoms with Crippen LogP contribution in [0.4, 0.5) is 4.39 Å². The lowest BCUT2D eigenvalue weighted by Gasteiger charge is -2.10. The molecule has 1 saturated heterocycles. The molecule has 16 heavy (non-hydrogen) atoms.